The zero-order valence-corrected chi connectivity index (χ0v) is 6.55. The summed E-state index contributed by atoms with van der Waals surface area (Å²) in [6.45, 7) is 0. The summed E-state index contributed by atoms with van der Waals surface area (Å²) in [5, 5.41) is 0. The molecule has 1 heterocycles. The summed E-state index contributed by atoms with van der Waals surface area (Å²) in [6.07, 6.45) is 5.38. The minimum Gasteiger partial charge on any atom is -0.466 e. The predicted molar refractivity (Wildman–Crippen MR) is 42.7 cm³/mol. The highest BCUT2D eigenvalue weighted by Gasteiger charge is 2.31. The van der Waals surface area contributed by atoms with E-state index in [-0.39, 0.29) is 0 Å². The molecule has 0 N–H and O–H groups in total. The van der Waals surface area contributed by atoms with Crippen LogP contribution in [0.5, 0.6) is 0 Å². The average Bonchev–Trinajstić information content (AvgIpc) is 2.90. The van der Waals surface area contributed by atoms with Gasteiger partial charge in [-0.2, -0.15) is 0 Å². The Morgan fingerprint density at radius 2 is 1.36 bits per heavy atom. The fourth-order valence-electron chi connectivity index (χ4n) is 1.54. The molecule has 2 fully saturated rings. The second-order valence-electron chi connectivity index (χ2n) is 3.79. The van der Waals surface area contributed by atoms with E-state index in [1.165, 1.54) is 37.2 Å². The SMILES string of the molecule is c1cc(C2CC2)oc1C1CC1. The summed E-state index contributed by atoms with van der Waals surface area (Å²) in [7, 11) is 0. The largest absolute Gasteiger partial charge is 0.466 e. The monoisotopic (exact) mass is 148 g/mol. The van der Waals surface area contributed by atoms with Crippen molar-refractivity contribution in [3.05, 3.63) is 23.7 Å². The maximum absolute atomic E-state index is 5.73. The molecule has 1 aromatic rings. The van der Waals surface area contributed by atoms with Crippen LogP contribution >= 0.6 is 0 Å². The highest BCUT2D eigenvalue weighted by atomic mass is 16.3. The van der Waals surface area contributed by atoms with Gasteiger partial charge in [0.1, 0.15) is 11.5 Å². The molecule has 2 saturated carbocycles. The van der Waals surface area contributed by atoms with Gasteiger partial charge < -0.3 is 4.42 Å². The standard InChI is InChI=1S/C10H12O/c1-2-7(1)9-5-6-10(11-9)8-3-4-8/h5-8H,1-4H2. The first-order valence-corrected chi connectivity index (χ1v) is 4.53. The van der Waals surface area contributed by atoms with Crippen LogP contribution in [0.2, 0.25) is 0 Å². The molecule has 1 aromatic heterocycles. The van der Waals surface area contributed by atoms with Gasteiger partial charge in [0.25, 0.3) is 0 Å². The molecule has 0 aromatic carbocycles. The second kappa shape index (κ2) is 1.90. The van der Waals surface area contributed by atoms with E-state index in [1.54, 1.807) is 0 Å². The molecule has 58 valence electrons. The maximum atomic E-state index is 5.73. The topological polar surface area (TPSA) is 13.1 Å². The molecule has 1 heteroatoms. The van der Waals surface area contributed by atoms with Crippen molar-refractivity contribution in [1.82, 2.24) is 0 Å². The highest BCUT2D eigenvalue weighted by Crippen LogP contribution is 2.45. The molecule has 11 heavy (non-hydrogen) atoms. The van der Waals surface area contributed by atoms with E-state index in [0.717, 1.165) is 11.8 Å². The Labute approximate surface area is 66.4 Å². The molecule has 0 saturated heterocycles. The van der Waals surface area contributed by atoms with Gasteiger partial charge in [-0.1, -0.05) is 0 Å². The van der Waals surface area contributed by atoms with Gasteiger partial charge in [-0.15, -0.1) is 0 Å². The van der Waals surface area contributed by atoms with Gasteiger partial charge in [0.05, 0.1) is 0 Å². The van der Waals surface area contributed by atoms with Crippen LogP contribution in [-0.4, -0.2) is 0 Å². The molecule has 3 rings (SSSR count). The van der Waals surface area contributed by atoms with Crippen molar-refractivity contribution in [1.29, 1.82) is 0 Å². The molecule has 0 radical (unpaired) electrons. The molecule has 0 spiro atoms. The van der Waals surface area contributed by atoms with Crippen LogP contribution in [0.3, 0.4) is 0 Å². The summed E-state index contributed by atoms with van der Waals surface area (Å²) < 4.78 is 5.73. The van der Waals surface area contributed by atoms with E-state index in [9.17, 15) is 0 Å². The third-order valence-electron chi connectivity index (χ3n) is 2.61. The van der Waals surface area contributed by atoms with E-state index in [4.69, 9.17) is 4.42 Å². The van der Waals surface area contributed by atoms with Crippen molar-refractivity contribution in [2.24, 2.45) is 0 Å². The van der Waals surface area contributed by atoms with Crippen LogP contribution in [0, 0.1) is 0 Å². The summed E-state index contributed by atoms with van der Waals surface area (Å²) in [5.41, 5.74) is 0. The van der Waals surface area contributed by atoms with Crippen molar-refractivity contribution in [3.8, 4) is 0 Å². The molecule has 1 nitrogen and oxygen atoms in total. The Hall–Kier alpha value is -0.720. The average molecular weight is 148 g/mol. The fraction of sp³-hybridized carbons (Fsp3) is 0.600. The number of furan rings is 1. The quantitative estimate of drug-likeness (QED) is 0.628. The normalized spacial score (nSPS) is 24.0. The number of hydrogen-bond donors (Lipinski definition) is 0. The Morgan fingerprint density at radius 1 is 0.909 bits per heavy atom. The van der Waals surface area contributed by atoms with Crippen LogP contribution < -0.4 is 0 Å². The van der Waals surface area contributed by atoms with Crippen molar-refractivity contribution in [2.45, 2.75) is 37.5 Å². The number of rotatable bonds is 2. The summed E-state index contributed by atoms with van der Waals surface area (Å²) in [6, 6.07) is 4.34. The third-order valence-corrected chi connectivity index (χ3v) is 2.61. The first-order chi connectivity index (χ1) is 5.43. The first-order valence-electron chi connectivity index (χ1n) is 4.53. The van der Waals surface area contributed by atoms with Gasteiger partial charge in [-0.3, -0.25) is 0 Å². The summed E-state index contributed by atoms with van der Waals surface area (Å²) in [4.78, 5) is 0. The van der Waals surface area contributed by atoms with Gasteiger partial charge in [0.2, 0.25) is 0 Å². The van der Waals surface area contributed by atoms with Gasteiger partial charge in [0.15, 0.2) is 0 Å². The van der Waals surface area contributed by atoms with Crippen molar-refractivity contribution >= 4 is 0 Å². The summed E-state index contributed by atoms with van der Waals surface area (Å²) in [5.74, 6) is 4.05. The zero-order chi connectivity index (χ0) is 7.26. The maximum Gasteiger partial charge on any atom is 0.107 e. The van der Waals surface area contributed by atoms with E-state index in [1.807, 2.05) is 0 Å². The second-order valence-corrected chi connectivity index (χ2v) is 3.79. The Balaban J connectivity index is 1.88. The Kier molecular flexibility index (Phi) is 1.02. The lowest BCUT2D eigenvalue weighted by atomic mass is 10.3. The van der Waals surface area contributed by atoms with Gasteiger partial charge in [-0.05, 0) is 37.8 Å². The van der Waals surface area contributed by atoms with E-state index in [0.29, 0.717) is 0 Å². The van der Waals surface area contributed by atoms with Crippen molar-refractivity contribution < 1.29 is 4.42 Å². The van der Waals surface area contributed by atoms with E-state index < -0.39 is 0 Å². The molecular weight excluding hydrogens is 136 g/mol. The molecule has 2 aliphatic rings. The zero-order valence-electron chi connectivity index (χ0n) is 6.55. The molecule has 0 bridgehead atoms. The molecule has 0 amide bonds. The van der Waals surface area contributed by atoms with Gasteiger partial charge in [-0.25, -0.2) is 0 Å². The van der Waals surface area contributed by atoms with Crippen LogP contribution in [0.15, 0.2) is 16.5 Å². The fourth-order valence-corrected chi connectivity index (χ4v) is 1.54. The molecule has 0 atom stereocenters. The molecule has 0 aliphatic heterocycles. The lowest BCUT2D eigenvalue weighted by molar-refractivity contribution is 0.468. The predicted octanol–water partition coefficient (Wildman–Crippen LogP) is 3.03. The van der Waals surface area contributed by atoms with Crippen LogP contribution in [-0.2, 0) is 0 Å². The van der Waals surface area contributed by atoms with Crippen LogP contribution in [0.4, 0.5) is 0 Å². The highest BCUT2D eigenvalue weighted by molar-refractivity contribution is 5.20. The Bertz CT molecular complexity index is 240. The van der Waals surface area contributed by atoms with Crippen molar-refractivity contribution in [2.75, 3.05) is 0 Å². The van der Waals surface area contributed by atoms with E-state index >= 15 is 0 Å². The number of hydrogen-bond acceptors (Lipinski definition) is 1. The molecule has 2 aliphatic carbocycles. The lowest BCUT2D eigenvalue weighted by Gasteiger charge is -1.90. The molecular formula is C10H12O. The van der Waals surface area contributed by atoms with Crippen LogP contribution in [0.1, 0.15) is 49.0 Å². The van der Waals surface area contributed by atoms with Crippen LogP contribution in [0.25, 0.3) is 0 Å². The van der Waals surface area contributed by atoms with Gasteiger partial charge in [0, 0.05) is 11.8 Å². The summed E-state index contributed by atoms with van der Waals surface area (Å²) >= 11 is 0. The minimum atomic E-state index is 0.780. The van der Waals surface area contributed by atoms with Gasteiger partial charge >= 0.3 is 0 Å². The molecule has 0 unspecified atom stereocenters. The van der Waals surface area contributed by atoms with E-state index in [2.05, 4.69) is 12.1 Å². The third kappa shape index (κ3) is 0.991. The smallest absolute Gasteiger partial charge is 0.107 e. The minimum absolute atomic E-state index is 0.780. The van der Waals surface area contributed by atoms with Crippen molar-refractivity contribution in [3.63, 3.8) is 0 Å². The lowest BCUT2D eigenvalue weighted by Crippen LogP contribution is -1.71. The Morgan fingerprint density at radius 3 is 1.73 bits per heavy atom. The first kappa shape index (κ1) is 5.87.